The normalized spacial score (nSPS) is 13.8. The fourth-order valence-corrected chi connectivity index (χ4v) is 8.23. The number of anilines is 3. The zero-order valence-electron chi connectivity index (χ0n) is 39.3. The quantitative estimate of drug-likeness (QED) is 0.151. The molecule has 0 bridgehead atoms. The third-order valence-corrected chi connectivity index (χ3v) is 11.0. The molecule has 0 aliphatic heterocycles. The molecule has 2 nitrogen and oxygen atoms in total. The van der Waals surface area contributed by atoms with Gasteiger partial charge in [-0.1, -0.05) is 157 Å². The van der Waals surface area contributed by atoms with E-state index in [2.05, 4.69) is 89.5 Å². The third kappa shape index (κ3) is 6.21. The molecule has 10 rings (SSSR count). The van der Waals surface area contributed by atoms with Crippen LogP contribution in [-0.4, -0.2) is 4.57 Å². The van der Waals surface area contributed by atoms with Crippen LogP contribution in [0.15, 0.2) is 218 Å². The molecule has 8 aromatic carbocycles. The summed E-state index contributed by atoms with van der Waals surface area (Å²) in [6, 6.07) is 48.7. The lowest BCUT2D eigenvalue weighted by molar-refractivity contribution is 1.18. The van der Waals surface area contributed by atoms with Crippen LogP contribution in [0.25, 0.3) is 71.3 Å². The summed E-state index contributed by atoms with van der Waals surface area (Å²) < 4.78 is 85.6. The second kappa shape index (κ2) is 14.1. The summed E-state index contributed by atoms with van der Waals surface area (Å²) in [4.78, 5) is 3.05. The van der Waals surface area contributed by atoms with Gasteiger partial charge >= 0.3 is 0 Å². The van der Waals surface area contributed by atoms with Crippen molar-refractivity contribution in [3.8, 4) is 49.5 Å². The Labute approximate surface area is 339 Å². The number of nitrogens with zero attached hydrogens (tertiary/aromatic N) is 2. The Bertz CT molecular complexity index is 3300. The van der Waals surface area contributed by atoms with Crippen LogP contribution in [0.3, 0.4) is 0 Å². The highest BCUT2D eigenvalue weighted by Gasteiger charge is 2.18. The van der Waals surface area contributed by atoms with Gasteiger partial charge in [-0.2, -0.15) is 0 Å². The molecule has 0 fully saturated rings. The summed E-state index contributed by atoms with van der Waals surface area (Å²) in [5.74, 6) is 0. The maximum atomic E-state index is 8.57. The number of hydrogen-bond acceptors (Lipinski definition) is 2. The van der Waals surface area contributed by atoms with E-state index < -0.39 is 36.3 Å². The molecular formula is C52H36N2S. The SMILES string of the molecule is [2H]c1c([2H])c([2H])c(-c2ccc(N(c3ccc(-c4c([2H])c([2H])c([2H])c([2H])c4[2H])cc3)c3ccc(-c4ccc5c6ccccc6n(-c6ccc(-c7ccccc7)cc6)c5c4)s3)cc2)c([2H])c1[2H]. The fraction of sp³-hybridized carbons (Fsp3) is 0. The van der Waals surface area contributed by atoms with Gasteiger partial charge in [-0.05, 0) is 99.6 Å². The molecule has 2 aromatic heterocycles. The minimum Gasteiger partial charge on any atom is -0.309 e. The molecule has 0 spiro atoms. The molecule has 0 amide bonds. The van der Waals surface area contributed by atoms with Crippen molar-refractivity contribution in [2.45, 2.75) is 0 Å². The summed E-state index contributed by atoms with van der Waals surface area (Å²) in [5, 5.41) is 3.13. The van der Waals surface area contributed by atoms with E-state index in [-0.39, 0.29) is 35.3 Å². The van der Waals surface area contributed by atoms with Crippen molar-refractivity contribution >= 4 is 49.5 Å². The molecule has 3 heteroatoms. The first-order chi connectivity index (χ1) is 31.4. The zero-order chi connectivity index (χ0) is 45.3. The molecule has 0 unspecified atom stereocenters. The number of aromatic nitrogens is 1. The first-order valence-electron chi connectivity index (χ1n) is 22.9. The first-order valence-corrected chi connectivity index (χ1v) is 18.7. The van der Waals surface area contributed by atoms with E-state index in [0.717, 1.165) is 65.4 Å². The molecule has 0 aliphatic carbocycles. The summed E-state index contributed by atoms with van der Waals surface area (Å²) in [6.45, 7) is 0. The molecular weight excluding hydrogens is 685 g/mol. The van der Waals surface area contributed by atoms with Crippen LogP contribution in [0.5, 0.6) is 0 Å². The van der Waals surface area contributed by atoms with Crippen LogP contribution < -0.4 is 4.90 Å². The lowest BCUT2D eigenvalue weighted by Gasteiger charge is -2.24. The number of para-hydroxylation sites is 1. The predicted octanol–water partition coefficient (Wildman–Crippen LogP) is 15.0. The van der Waals surface area contributed by atoms with Gasteiger partial charge in [0, 0.05) is 32.7 Å². The molecule has 2 heterocycles. The van der Waals surface area contributed by atoms with Crippen molar-refractivity contribution in [1.82, 2.24) is 4.57 Å². The minimum absolute atomic E-state index is 0.107. The van der Waals surface area contributed by atoms with E-state index in [1.54, 1.807) is 35.6 Å². The molecule has 0 radical (unpaired) electrons. The van der Waals surface area contributed by atoms with Gasteiger partial charge in [-0.3, -0.25) is 0 Å². The average Bonchev–Trinajstić information content (AvgIpc) is 3.96. The monoisotopic (exact) mass is 730 g/mol. The first kappa shape index (κ1) is 23.7. The van der Waals surface area contributed by atoms with Gasteiger partial charge in [0.1, 0.15) is 5.00 Å². The molecule has 0 saturated heterocycles. The van der Waals surface area contributed by atoms with Crippen molar-refractivity contribution in [1.29, 1.82) is 0 Å². The minimum atomic E-state index is -0.454. The molecule has 55 heavy (non-hydrogen) atoms. The van der Waals surface area contributed by atoms with E-state index in [1.807, 2.05) is 53.4 Å². The highest BCUT2D eigenvalue weighted by molar-refractivity contribution is 7.19. The molecule has 0 N–H and O–H groups in total. The number of fused-ring (bicyclic) bond motifs is 3. The lowest BCUT2D eigenvalue weighted by atomic mass is 10.0. The maximum absolute atomic E-state index is 8.57. The van der Waals surface area contributed by atoms with Crippen LogP contribution in [0, 0.1) is 0 Å². The van der Waals surface area contributed by atoms with Gasteiger partial charge in [0.05, 0.1) is 24.7 Å². The topological polar surface area (TPSA) is 8.17 Å². The average molecular weight is 731 g/mol. The molecule has 10 aromatic rings. The fourth-order valence-electron chi connectivity index (χ4n) is 7.19. The molecule has 0 atom stereocenters. The van der Waals surface area contributed by atoms with Gasteiger partial charge in [-0.25, -0.2) is 0 Å². The number of hydrogen-bond donors (Lipinski definition) is 0. The van der Waals surface area contributed by atoms with E-state index in [0.29, 0.717) is 11.1 Å². The summed E-state index contributed by atoms with van der Waals surface area (Å²) in [7, 11) is 0. The zero-order valence-corrected chi connectivity index (χ0v) is 30.1. The number of rotatable bonds is 8. The van der Waals surface area contributed by atoms with Crippen LogP contribution in [0.1, 0.15) is 13.7 Å². The highest BCUT2D eigenvalue weighted by Crippen LogP contribution is 2.44. The summed E-state index contributed by atoms with van der Waals surface area (Å²) in [5.41, 5.74) is 9.11. The summed E-state index contributed by atoms with van der Waals surface area (Å²) in [6.07, 6.45) is 0. The summed E-state index contributed by atoms with van der Waals surface area (Å²) >= 11 is 1.58. The van der Waals surface area contributed by atoms with Crippen molar-refractivity contribution in [3.05, 3.63) is 218 Å². The van der Waals surface area contributed by atoms with Crippen molar-refractivity contribution in [2.24, 2.45) is 0 Å². The third-order valence-electron chi connectivity index (χ3n) is 9.83. The number of benzene rings is 8. The van der Waals surface area contributed by atoms with Crippen LogP contribution in [0.2, 0.25) is 0 Å². The Morgan fingerprint density at radius 2 is 0.909 bits per heavy atom. The molecule has 260 valence electrons. The Morgan fingerprint density at radius 3 is 1.55 bits per heavy atom. The van der Waals surface area contributed by atoms with Gasteiger partial charge in [0.25, 0.3) is 0 Å². The standard InChI is InChI=1S/C52H36N2S/c1-4-12-37(13-5-1)40-20-27-44(28-21-40)53(45-29-22-41(23-30-45)38-14-6-2-7-15-38)52-35-34-51(55-52)43-26-33-48-47-18-10-11-19-49(47)54(50(48)36-43)46-31-24-42(25-32-46)39-16-8-3-9-17-39/h1-36H/i1D,2D,4D,5D,6D,7D,12D,13D,14D,15D. The van der Waals surface area contributed by atoms with Gasteiger partial charge in [0.15, 0.2) is 0 Å². The number of thiophene rings is 1. The molecule has 0 aliphatic rings. The smallest absolute Gasteiger partial charge is 0.101 e. The van der Waals surface area contributed by atoms with Crippen molar-refractivity contribution in [3.63, 3.8) is 0 Å². The van der Waals surface area contributed by atoms with E-state index in [1.165, 1.54) is 0 Å². The van der Waals surface area contributed by atoms with Gasteiger partial charge in [0.2, 0.25) is 0 Å². The van der Waals surface area contributed by atoms with Crippen LogP contribution in [-0.2, 0) is 0 Å². The molecule has 0 saturated carbocycles. The predicted molar refractivity (Wildman–Crippen MR) is 235 cm³/mol. The van der Waals surface area contributed by atoms with E-state index in [9.17, 15) is 0 Å². The Morgan fingerprint density at radius 1 is 0.400 bits per heavy atom. The van der Waals surface area contributed by atoms with Crippen molar-refractivity contribution in [2.75, 3.05) is 4.90 Å². The van der Waals surface area contributed by atoms with Crippen molar-refractivity contribution < 1.29 is 13.7 Å². The highest BCUT2D eigenvalue weighted by atomic mass is 32.1. The Hall–Kier alpha value is -6.94. The second-order valence-electron chi connectivity index (χ2n) is 13.1. The second-order valence-corrected chi connectivity index (χ2v) is 14.1. The lowest BCUT2D eigenvalue weighted by Crippen LogP contribution is -2.08. The van der Waals surface area contributed by atoms with E-state index in [4.69, 9.17) is 13.7 Å². The van der Waals surface area contributed by atoms with Gasteiger partial charge in [-0.15, -0.1) is 11.3 Å². The Balaban J connectivity index is 1.08. The van der Waals surface area contributed by atoms with Gasteiger partial charge < -0.3 is 9.47 Å². The van der Waals surface area contributed by atoms with Crippen LogP contribution in [0.4, 0.5) is 16.4 Å². The van der Waals surface area contributed by atoms with Crippen LogP contribution >= 0.6 is 11.3 Å². The Kier molecular flexibility index (Phi) is 6.08. The maximum Gasteiger partial charge on any atom is 0.101 e. The largest absolute Gasteiger partial charge is 0.309 e. The van der Waals surface area contributed by atoms with E-state index >= 15 is 0 Å².